The minimum atomic E-state index is -3.93. The Balaban J connectivity index is 1.45. The SMILES string of the molecule is C=C[C@@H]1C[C@]1(NC(=O)[C@@H]1C[C@@H](Oc2nccc3cc(OC)ccc23)CN1C(=O)[C@@H](NC(=O)OC(C)(C)C(Cl)(Cl)Cl)C(C)(C)C)C(=O)NS(=O)(=O)C1CC1. The number of sulfonamides is 1. The quantitative estimate of drug-likeness (QED) is 0.203. The van der Waals surface area contributed by atoms with E-state index in [1.165, 1.54) is 24.8 Å². The van der Waals surface area contributed by atoms with Gasteiger partial charge in [-0.05, 0) is 68.2 Å². The molecule has 1 aromatic carbocycles. The third kappa shape index (κ3) is 8.73. The first kappa shape index (κ1) is 40.7. The second-order valence-corrected chi connectivity index (χ2v) is 19.5. The van der Waals surface area contributed by atoms with Gasteiger partial charge in [0, 0.05) is 23.9 Å². The van der Waals surface area contributed by atoms with E-state index in [0.29, 0.717) is 24.0 Å². The number of carbonyl (C=O) groups excluding carboxylic acids is 4. The summed E-state index contributed by atoms with van der Waals surface area (Å²) >= 11 is 18.1. The molecule has 0 bridgehead atoms. The molecular weight excluding hydrogens is 773 g/mol. The van der Waals surface area contributed by atoms with Crippen molar-refractivity contribution >= 4 is 79.4 Å². The van der Waals surface area contributed by atoms with Crippen molar-refractivity contribution in [3.8, 4) is 11.6 Å². The Morgan fingerprint density at radius 3 is 2.34 bits per heavy atom. The molecule has 0 spiro atoms. The number of hydrogen-bond donors (Lipinski definition) is 3. The number of fused-ring (bicyclic) bond motifs is 1. The average Bonchev–Trinajstić information content (AvgIpc) is 3.98. The van der Waals surface area contributed by atoms with E-state index in [2.05, 4.69) is 26.9 Å². The van der Waals surface area contributed by atoms with Crippen LogP contribution in [0.5, 0.6) is 11.6 Å². The fraction of sp³-hybridized carbons (Fsp3) is 0.571. The number of benzene rings is 1. The van der Waals surface area contributed by atoms with Gasteiger partial charge in [0.1, 0.15) is 29.5 Å². The van der Waals surface area contributed by atoms with Crippen LogP contribution in [0, 0.1) is 11.3 Å². The van der Waals surface area contributed by atoms with Crippen molar-refractivity contribution < 1.29 is 41.8 Å². The van der Waals surface area contributed by atoms with Crippen molar-refractivity contribution in [3.63, 3.8) is 0 Å². The van der Waals surface area contributed by atoms with Crippen LogP contribution in [0.15, 0.2) is 43.1 Å². The van der Waals surface area contributed by atoms with Gasteiger partial charge in [-0.15, -0.1) is 6.58 Å². The van der Waals surface area contributed by atoms with Gasteiger partial charge in [-0.2, -0.15) is 0 Å². The van der Waals surface area contributed by atoms with Crippen LogP contribution in [-0.4, -0.2) is 94.1 Å². The zero-order valence-electron chi connectivity index (χ0n) is 30.2. The molecule has 5 rings (SSSR count). The first-order chi connectivity index (χ1) is 24.5. The van der Waals surface area contributed by atoms with Crippen molar-refractivity contribution in [3.05, 3.63) is 43.1 Å². The van der Waals surface area contributed by atoms with E-state index in [9.17, 15) is 27.6 Å². The van der Waals surface area contributed by atoms with Crippen molar-refractivity contribution in [2.75, 3.05) is 13.7 Å². The maximum Gasteiger partial charge on any atom is 0.408 e. The maximum atomic E-state index is 14.5. The van der Waals surface area contributed by atoms with Crippen LogP contribution < -0.4 is 24.8 Å². The van der Waals surface area contributed by atoms with Gasteiger partial charge in [0.2, 0.25) is 31.5 Å². The highest BCUT2D eigenvalue weighted by Gasteiger charge is 2.62. The Bertz CT molecular complexity index is 1910. The highest BCUT2D eigenvalue weighted by atomic mass is 35.6. The minimum Gasteiger partial charge on any atom is -0.497 e. The number of rotatable bonds is 12. The number of aromatic nitrogens is 1. The molecule has 5 atom stereocenters. The second kappa shape index (κ2) is 14.6. The number of nitrogens with one attached hydrogen (secondary N) is 3. The molecule has 2 aromatic rings. The Morgan fingerprint density at radius 1 is 1.09 bits per heavy atom. The van der Waals surface area contributed by atoms with Crippen molar-refractivity contribution in [2.24, 2.45) is 11.3 Å². The number of ether oxygens (including phenoxy) is 3. The highest BCUT2D eigenvalue weighted by molar-refractivity contribution is 7.91. The summed E-state index contributed by atoms with van der Waals surface area (Å²) in [5.41, 5.74) is -4.12. The molecule has 3 fully saturated rings. The predicted octanol–water partition coefficient (Wildman–Crippen LogP) is 4.55. The van der Waals surface area contributed by atoms with E-state index in [-0.39, 0.29) is 25.3 Å². The van der Waals surface area contributed by atoms with E-state index in [4.69, 9.17) is 49.0 Å². The van der Waals surface area contributed by atoms with Crippen LogP contribution in [0.1, 0.15) is 60.3 Å². The molecule has 3 aliphatic rings. The predicted molar refractivity (Wildman–Crippen MR) is 199 cm³/mol. The Labute approximate surface area is 323 Å². The van der Waals surface area contributed by atoms with Gasteiger partial charge < -0.3 is 29.7 Å². The molecule has 1 aromatic heterocycles. The number of carbonyl (C=O) groups is 4. The van der Waals surface area contributed by atoms with Gasteiger partial charge in [-0.25, -0.2) is 18.2 Å². The molecule has 1 aliphatic heterocycles. The summed E-state index contributed by atoms with van der Waals surface area (Å²) in [5, 5.41) is 6.11. The van der Waals surface area contributed by atoms with Gasteiger partial charge in [-0.3, -0.25) is 19.1 Å². The largest absolute Gasteiger partial charge is 0.497 e. The maximum absolute atomic E-state index is 14.5. The summed E-state index contributed by atoms with van der Waals surface area (Å²) in [4.78, 5) is 61.1. The Morgan fingerprint density at radius 2 is 1.77 bits per heavy atom. The molecule has 53 heavy (non-hydrogen) atoms. The number of likely N-dealkylation sites (tertiary alicyclic amines) is 1. The molecular formula is C35H44Cl3N5O9S. The van der Waals surface area contributed by atoms with Crippen LogP contribution in [0.3, 0.4) is 0 Å². The lowest BCUT2D eigenvalue weighted by molar-refractivity contribution is -0.143. The van der Waals surface area contributed by atoms with Gasteiger partial charge in [0.05, 0.1) is 18.9 Å². The number of nitrogens with zero attached hydrogens (tertiary/aromatic N) is 2. The van der Waals surface area contributed by atoms with Gasteiger partial charge in [-0.1, -0.05) is 61.7 Å². The van der Waals surface area contributed by atoms with E-state index in [0.717, 1.165) is 5.39 Å². The first-order valence-electron chi connectivity index (χ1n) is 17.0. The number of alkyl halides is 3. The smallest absolute Gasteiger partial charge is 0.408 e. The average molecular weight is 817 g/mol. The number of hydrogen-bond acceptors (Lipinski definition) is 10. The van der Waals surface area contributed by atoms with Crippen LogP contribution in [0.2, 0.25) is 0 Å². The lowest BCUT2D eigenvalue weighted by atomic mass is 9.85. The lowest BCUT2D eigenvalue weighted by Gasteiger charge is -2.37. The van der Waals surface area contributed by atoms with Crippen molar-refractivity contribution in [2.45, 2.75) is 98.7 Å². The molecule has 1 saturated heterocycles. The fourth-order valence-electron chi connectivity index (χ4n) is 6.15. The van der Waals surface area contributed by atoms with Gasteiger partial charge in [0.25, 0.3) is 5.91 Å². The first-order valence-corrected chi connectivity index (χ1v) is 19.7. The van der Waals surface area contributed by atoms with Crippen molar-refractivity contribution in [1.82, 2.24) is 25.2 Å². The number of methoxy groups -OCH3 is 1. The van der Waals surface area contributed by atoms with E-state index in [1.807, 2.05) is 6.07 Å². The summed E-state index contributed by atoms with van der Waals surface area (Å²) in [5.74, 6) is -1.95. The summed E-state index contributed by atoms with van der Waals surface area (Å²) < 4.78 is 42.6. The van der Waals surface area contributed by atoms with Crippen molar-refractivity contribution in [1.29, 1.82) is 0 Å². The third-order valence-electron chi connectivity index (χ3n) is 9.72. The zero-order chi connectivity index (χ0) is 39.3. The molecule has 14 nitrogen and oxygen atoms in total. The molecule has 2 heterocycles. The van der Waals surface area contributed by atoms with Crippen LogP contribution in [-0.2, 0) is 29.1 Å². The van der Waals surface area contributed by atoms with E-state index < -0.39 is 83.5 Å². The molecule has 2 aliphatic carbocycles. The number of amides is 4. The molecule has 0 unspecified atom stereocenters. The Hall–Kier alpha value is -3.53. The van der Waals surface area contributed by atoms with Gasteiger partial charge in [0.15, 0.2) is 5.60 Å². The Kier molecular flexibility index (Phi) is 11.2. The summed E-state index contributed by atoms with van der Waals surface area (Å²) in [6, 6.07) is 4.64. The minimum absolute atomic E-state index is 0.0375. The summed E-state index contributed by atoms with van der Waals surface area (Å²) in [6.07, 6.45) is 2.15. The molecule has 290 valence electrons. The van der Waals surface area contributed by atoms with Gasteiger partial charge >= 0.3 is 6.09 Å². The number of alkyl carbamates (subject to hydrolysis) is 1. The second-order valence-electron chi connectivity index (χ2n) is 15.2. The molecule has 0 radical (unpaired) electrons. The number of halogens is 3. The topological polar surface area (TPSA) is 182 Å². The fourth-order valence-corrected chi connectivity index (χ4v) is 7.63. The summed E-state index contributed by atoms with van der Waals surface area (Å²) in [6.45, 7) is 11.5. The molecule has 4 amide bonds. The van der Waals surface area contributed by atoms with Crippen LogP contribution in [0.25, 0.3) is 10.8 Å². The monoisotopic (exact) mass is 815 g/mol. The van der Waals surface area contributed by atoms with Crippen LogP contribution in [0.4, 0.5) is 4.79 Å². The standard InChI is InChI=1S/C35H44Cl3N5O9S/c1-8-20-17-34(20,30(46)42-53(48,49)23-10-11-23)41-27(44)25-16-22(51-28-24-12-9-21(50-7)15-19(24)13-14-39-28)18-43(25)29(45)26(32(2,3)4)40-31(47)52-33(5,6)35(36,37)38/h8-9,12-15,20,22-23,25-26H,1,10-11,16-18H2,2-7H3,(H,40,47)(H,41,44)(H,42,46)/t20-,22-,25+,26-,34-/m1/s1. The third-order valence-corrected chi connectivity index (χ3v) is 12.9. The van der Waals surface area contributed by atoms with E-state index in [1.54, 1.807) is 52.3 Å². The normalized spacial score (nSPS) is 23.8. The zero-order valence-corrected chi connectivity index (χ0v) is 33.3. The number of pyridine rings is 1. The molecule has 3 N–H and O–H groups in total. The highest BCUT2D eigenvalue weighted by Crippen LogP contribution is 2.46. The van der Waals surface area contributed by atoms with E-state index >= 15 is 0 Å². The molecule has 2 saturated carbocycles. The van der Waals surface area contributed by atoms with Crippen LogP contribution >= 0.6 is 34.8 Å². The summed E-state index contributed by atoms with van der Waals surface area (Å²) in [7, 11) is -2.38. The molecule has 18 heteroatoms. The lowest BCUT2D eigenvalue weighted by Crippen LogP contribution is -2.60.